The maximum absolute atomic E-state index is 12.6. The van der Waals surface area contributed by atoms with Gasteiger partial charge >= 0.3 is 5.97 Å². The fraction of sp³-hybridized carbons (Fsp3) is 0.240. The highest BCUT2D eigenvalue weighted by Crippen LogP contribution is 2.24. The van der Waals surface area contributed by atoms with Crippen LogP contribution in [0, 0.1) is 6.92 Å². The maximum Gasteiger partial charge on any atom is 0.326 e. The first-order valence-corrected chi connectivity index (χ1v) is 11.4. The number of aliphatic carboxylic acids is 1. The molecule has 1 amide bonds. The van der Waals surface area contributed by atoms with E-state index in [1.807, 2.05) is 25.3 Å². The number of anilines is 1. The normalized spacial score (nSPS) is 11.5. The number of benzene rings is 2. The van der Waals surface area contributed by atoms with E-state index in [0.717, 1.165) is 29.9 Å². The van der Waals surface area contributed by atoms with E-state index < -0.39 is 17.9 Å². The summed E-state index contributed by atoms with van der Waals surface area (Å²) in [5, 5.41) is 15.6. The molecular formula is C25H25Cl2N3O4. The van der Waals surface area contributed by atoms with Gasteiger partial charge in [-0.15, -0.1) is 0 Å². The molecule has 178 valence electrons. The number of pyridine rings is 1. The summed E-state index contributed by atoms with van der Waals surface area (Å²) in [5.74, 6) is -0.298. The smallest absolute Gasteiger partial charge is 0.326 e. The Morgan fingerprint density at radius 1 is 1.06 bits per heavy atom. The van der Waals surface area contributed by atoms with Crippen LogP contribution in [0.5, 0.6) is 5.75 Å². The zero-order valence-electron chi connectivity index (χ0n) is 18.6. The van der Waals surface area contributed by atoms with Gasteiger partial charge in [-0.3, -0.25) is 4.79 Å². The molecule has 1 aromatic heterocycles. The Labute approximate surface area is 208 Å². The number of nitrogens with zero attached hydrogens (tertiary/aromatic N) is 1. The number of aromatic nitrogens is 1. The molecule has 0 aliphatic carbocycles. The highest BCUT2D eigenvalue weighted by molar-refractivity contribution is 6.39. The van der Waals surface area contributed by atoms with E-state index in [0.29, 0.717) is 12.4 Å². The Hall–Kier alpha value is -3.29. The fourth-order valence-corrected chi connectivity index (χ4v) is 3.72. The number of ether oxygens (including phenoxy) is 1. The number of hydrogen-bond donors (Lipinski definition) is 3. The van der Waals surface area contributed by atoms with Crippen molar-refractivity contribution in [3.63, 3.8) is 0 Å². The van der Waals surface area contributed by atoms with Crippen molar-refractivity contribution in [2.75, 3.05) is 18.5 Å². The van der Waals surface area contributed by atoms with Gasteiger partial charge in [-0.25, -0.2) is 9.78 Å². The molecule has 0 radical (unpaired) electrons. The number of rotatable bonds is 11. The first-order chi connectivity index (χ1) is 16.3. The average Bonchev–Trinajstić information content (AvgIpc) is 2.80. The van der Waals surface area contributed by atoms with E-state index >= 15 is 0 Å². The van der Waals surface area contributed by atoms with E-state index in [4.69, 9.17) is 27.9 Å². The van der Waals surface area contributed by atoms with Crippen LogP contribution in [-0.2, 0) is 11.2 Å². The molecule has 3 aromatic rings. The van der Waals surface area contributed by atoms with Crippen LogP contribution in [0.15, 0.2) is 60.8 Å². The molecule has 1 heterocycles. The lowest BCUT2D eigenvalue weighted by atomic mass is 10.1. The fourth-order valence-electron chi connectivity index (χ4n) is 3.15. The number of carboxylic acids is 1. The maximum atomic E-state index is 12.6. The van der Waals surface area contributed by atoms with Crippen LogP contribution >= 0.6 is 23.2 Å². The number of hydrogen-bond acceptors (Lipinski definition) is 5. The van der Waals surface area contributed by atoms with E-state index in [9.17, 15) is 14.7 Å². The van der Waals surface area contributed by atoms with E-state index in [1.54, 1.807) is 30.3 Å². The Kier molecular flexibility index (Phi) is 9.13. The second-order valence-corrected chi connectivity index (χ2v) is 8.47. The lowest BCUT2D eigenvalue weighted by Gasteiger charge is -2.16. The number of aryl methyl sites for hydroxylation is 1. The Bertz CT molecular complexity index is 1100. The van der Waals surface area contributed by atoms with Crippen LogP contribution in [0.1, 0.15) is 27.9 Å². The number of carboxylic acid groups (broad SMARTS) is 1. The summed E-state index contributed by atoms with van der Waals surface area (Å²) in [6.07, 6.45) is 2.69. The van der Waals surface area contributed by atoms with Gasteiger partial charge in [-0.05, 0) is 54.8 Å². The topological polar surface area (TPSA) is 101 Å². The lowest BCUT2D eigenvalue weighted by Crippen LogP contribution is -2.42. The van der Waals surface area contributed by atoms with Crippen molar-refractivity contribution in [2.24, 2.45) is 0 Å². The minimum absolute atomic E-state index is 0.0495. The second-order valence-electron chi connectivity index (χ2n) is 7.66. The van der Waals surface area contributed by atoms with Gasteiger partial charge in [0.2, 0.25) is 0 Å². The number of amides is 1. The van der Waals surface area contributed by atoms with E-state index in [1.165, 1.54) is 12.1 Å². The third-order valence-electron chi connectivity index (χ3n) is 4.96. The van der Waals surface area contributed by atoms with Crippen LogP contribution in [0.2, 0.25) is 10.0 Å². The van der Waals surface area contributed by atoms with Gasteiger partial charge in [0.1, 0.15) is 17.6 Å². The molecule has 34 heavy (non-hydrogen) atoms. The molecule has 1 atom stereocenters. The molecule has 0 aliphatic rings. The SMILES string of the molecule is Cc1ccc(NCCCOc2ccc(C[C@H](NC(=O)c3c(Cl)cccc3Cl)C(=O)O)cc2)nc1. The highest BCUT2D eigenvalue weighted by atomic mass is 35.5. The molecule has 9 heteroatoms. The monoisotopic (exact) mass is 501 g/mol. The molecule has 0 bridgehead atoms. The van der Waals surface area contributed by atoms with E-state index in [2.05, 4.69) is 15.6 Å². The first kappa shape index (κ1) is 25.3. The predicted molar refractivity (Wildman–Crippen MR) is 133 cm³/mol. The van der Waals surface area contributed by atoms with Crippen molar-refractivity contribution in [3.05, 3.63) is 87.5 Å². The predicted octanol–water partition coefficient (Wildman–Crippen LogP) is 5.00. The Balaban J connectivity index is 1.48. The molecule has 3 N–H and O–H groups in total. The molecule has 0 unspecified atom stereocenters. The minimum atomic E-state index is -1.16. The molecular weight excluding hydrogens is 477 g/mol. The third-order valence-corrected chi connectivity index (χ3v) is 5.59. The summed E-state index contributed by atoms with van der Waals surface area (Å²) in [6, 6.07) is 14.5. The van der Waals surface area contributed by atoms with Crippen LogP contribution in [0.25, 0.3) is 0 Å². The van der Waals surface area contributed by atoms with Crippen molar-refractivity contribution >= 4 is 40.9 Å². The zero-order valence-corrected chi connectivity index (χ0v) is 20.1. The third kappa shape index (κ3) is 7.37. The molecule has 0 aliphatic heterocycles. The highest BCUT2D eigenvalue weighted by Gasteiger charge is 2.23. The summed E-state index contributed by atoms with van der Waals surface area (Å²) in [6.45, 7) is 3.23. The summed E-state index contributed by atoms with van der Waals surface area (Å²) in [5.41, 5.74) is 1.89. The van der Waals surface area contributed by atoms with Gasteiger partial charge in [-0.2, -0.15) is 0 Å². The molecule has 0 fully saturated rings. The van der Waals surface area contributed by atoms with Crippen LogP contribution in [0.4, 0.5) is 5.82 Å². The van der Waals surface area contributed by atoms with Crippen molar-refractivity contribution in [3.8, 4) is 5.75 Å². The number of carbonyl (C=O) groups is 2. The zero-order chi connectivity index (χ0) is 24.5. The largest absolute Gasteiger partial charge is 0.494 e. The average molecular weight is 502 g/mol. The summed E-state index contributed by atoms with van der Waals surface area (Å²) >= 11 is 12.1. The van der Waals surface area contributed by atoms with Gasteiger partial charge in [0.05, 0.1) is 22.2 Å². The summed E-state index contributed by atoms with van der Waals surface area (Å²) in [7, 11) is 0. The lowest BCUT2D eigenvalue weighted by molar-refractivity contribution is -0.139. The quantitative estimate of drug-likeness (QED) is 0.319. The van der Waals surface area contributed by atoms with Crippen molar-refractivity contribution < 1.29 is 19.4 Å². The minimum Gasteiger partial charge on any atom is -0.494 e. The van der Waals surface area contributed by atoms with Crippen molar-refractivity contribution in [1.82, 2.24) is 10.3 Å². The molecule has 7 nitrogen and oxygen atoms in total. The molecule has 0 saturated heterocycles. The summed E-state index contributed by atoms with van der Waals surface area (Å²) in [4.78, 5) is 28.6. The van der Waals surface area contributed by atoms with Crippen LogP contribution in [0.3, 0.4) is 0 Å². The first-order valence-electron chi connectivity index (χ1n) is 10.7. The van der Waals surface area contributed by atoms with Gasteiger partial charge in [0.25, 0.3) is 5.91 Å². The molecule has 2 aromatic carbocycles. The van der Waals surface area contributed by atoms with Gasteiger partial charge in [0.15, 0.2) is 0 Å². The van der Waals surface area contributed by atoms with Crippen LogP contribution in [-0.4, -0.2) is 41.2 Å². The Morgan fingerprint density at radius 3 is 2.38 bits per heavy atom. The number of nitrogens with one attached hydrogen (secondary N) is 2. The molecule has 3 rings (SSSR count). The van der Waals surface area contributed by atoms with E-state index in [-0.39, 0.29) is 22.0 Å². The second kappa shape index (κ2) is 12.3. The Morgan fingerprint density at radius 2 is 1.76 bits per heavy atom. The van der Waals surface area contributed by atoms with Crippen molar-refractivity contribution in [2.45, 2.75) is 25.8 Å². The molecule has 0 spiro atoms. The van der Waals surface area contributed by atoms with Gasteiger partial charge in [0, 0.05) is 19.2 Å². The molecule has 0 saturated carbocycles. The van der Waals surface area contributed by atoms with Gasteiger partial charge in [-0.1, -0.05) is 47.5 Å². The number of halogens is 2. The van der Waals surface area contributed by atoms with Crippen LogP contribution < -0.4 is 15.4 Å². The van der Waals surface area contributed by atoms with Gasteiger partial charge < -0.3 is 20.5 Å². The standard InChI is InChI=1S/C25H25Cl2N3O4/c1-16-6-11-22(29-15-16)28-12-3-13-34-18-9-7-17(8-10-18)14-21(25(32)33)30-24(31)23-19(26)4-2-5-20(23)27/h2,4-11,15,21H,3,12-14H2,1H3,(H,28,29)(H,30,31)(H,32,33)/t21-/m0/s1. The van der Waals surface area contributed by atoms with Crippen molar-refractivity contribution in [1.29, 1.82) is 0 Å². The summed E-state index contributed by atoms with van der Waals surface area (Å²) < 4.78 is 5.74. The number of carbonyl (C=O) groups excluding carboxylic acids is 1.